The molecule has 0 amide bonds. The molecule has 0 aliphatic carbocycles. The topological polar surface area (TPSA) is 19.0 Å². The number of likely N-dealkylation sites (N-methyl/N-ethyl adjacent to an activating group) is 1. The smallest absolute Gasteiger partial charge is 0.0377 e. The molecule has 0 saturated carbocycles. The molecule has 1 heterocycles. The average molecular weight is 150 g/mol. The number of H-pyrrole nitrogens is 1. The second-order valence-electron chi connectivity index (χ2n) is 2.79. The lowest BCUT2D eigenvalue weighted by atomic mass is 10.4. The first-order chi connectivity index (χ1) is 5.29. The monoisotopic (exact) mass is 150 g/mol. The van der Waals surface area contributed by atoms with E-state index in [1.54, 1.807) is 0 Å². The standard InChI is InChI=1S/C9H14N2/c1-11(2)8-4-6-9-5-3-7-10-9/h3-7,10H,8H2,1-2H3/b6-4+. The first-order valence-electron chi connectivity index (χ1n) is 3.73. The lowest BCUT2D eigenvalue weighted by molar-refractivity contribution is 0.457. The van der Waals surface area contributed by atoms with Crippen LogP contribution in [0.3, 0.4) is 0 Å². The van der Waals surface area contributed by atoms with Crippen molar-refractivity contribution in [1.29, 1.82) is 0 Å². The Morgan fingerprint density at radius 2 is 2.36 bits per heavy atom. The molecule has 0 aliphatic rings. The van der Waals surface area contributed by atoms with Crippen LogP contribution >= 0.6 is 0 Å². The van der Waals surface area contributed by atoms with Crippen molar-refractivity contribution in [2.75, 3.05) is 20.6 Å². The maximum absolute atomic E-state index is 3.11. The molecule has 1 N–H and O–H groups in total. The van der Waals surface area contributed by atoms with Gasteiger partial charge in [-0.3, -0.25) is 0 Å². The van der Waals surface area contributed by atoms with Gasteiger partial charge in [-0.25, -0.2) is 0 Å². The molecule has 0 saturated heterocycles. The van der Waals surface area contributed by atoms with Crippen LogP contribution in [0.2, 0.25) is 0 Å². The highest BCUT2D eigenvalue weighted by molar-refractivity contribution is 5.44. The van der Waals surface area contributed by atoms with Gasteiger partial charge in [0, 0.05) is 18.4 Å². The zero-order valence-corrected chi connectivity index (χ0v) is 7.04. The third-order valence-corrected chi connectivity index (χ3v) is 1.39. The maximum atomic E-state index is 3.11. The van der Waals surface area contributed by atoms with Crippen molar-refractivity contribution in [3.05, 3.63) is 30.1 Å². The number of hydrogen-bond donors (Lipinski definition) is 1. The van der Waals surface area contributed by atoms with Crippen molar-refractivity contribution in [2.45, 2.75) is 0 Å². The first-order valence-corrected chi connectivity index (χ1v) is 3.73. The Kier molecular flexibility index (Phi) is 2.93. The molecule has 0 bridgehead atoms. The highest BCUT2D eigenvalue weighted by Crippen LogP contribution is 1.96. The molecule has 60 valence electrons. The minimum atomic E-state index is 0.985. The Bertz CT molecular complexity index is 209. The summed E-state index contributed by atoms with van der Waals surface area (Å²) in [7, 11) is 4.11. The predicted molar refractivity (Wildman–Crippen MR) is 48.4 cm³/mol. The van der Waals surface area contributed by atoms with Crippen LogP contribution in [0.5, 0.6) is 0 Å². The first kappa shape index (κ1) is 8.08. The summed E-state index contributed by atoms with van der Waals surface area (Å²) < 4.78 is 0. The van der Waals surface area contributed by atoms with Crippen LogP contribution in [-0.4, -0.2) is 30.5 Å². The predicted octanol–water partition coefficient (Wildman–Crippen LogP) is 1.59. The molecular formula is C9H14N2. The SMILES string of the molecule is CN(C)C/C=C/c1ccc[nH]1. The largest absolute Gasteiger partial charge is 0.362 e. The van der Waals surface area contributed by atoms with E-state index in [9.17, 15) is 0 Å². The second-order valence-corrected chi connectivity index (χ2v) is 2.79. The summed E-state index contributed by atoms with van der Waals surface area (Å²) in [6, 6.07) is 4.04. The number of nitrogens with one attached hydrogen (secondary N) is 1. The Labute approximate surface area is 67.5 Å². The van der Waals surface area contributed by atoms with Crippen molar-refractivity contribution in [2.24, 2.45) is 0 Å². The molecule has 11 heavy (non-hydrogen) atoms. The molecule has 2 nitrogen and oxygen atoms in total. The van der Waals surface area contributed by atoms with E-state index in [1.165, 1.54) is 0 Å². The second kappa shape index (κ2) is 3.98. The van der Waals surface area contributed by atoms with Crippen LogP contribution in [-0.2, 0) is 0 Å². The Hall–Kier alpha value is -1.02. The van der Waals surface area contributed by atoms with Crippen LogP contribution in [0.4, 0.5) is 0 Å². The number of hydrogen-bond acceptors (Lipinski definition) is 1. The summed E-state index contributed by atoms with van der Waals surface area (Å²) in [5.41, 5.74) is 1.16. The number of nitrogens with zero attached hydrogens (tertiary/aromatic N) is 1. The average Bonchev–Trinajstić information content (AvgIpc) is 2.39. The zero-order valence-electron chi connectivity index (χ0n) is 7.04. The Morgan fingerprint density at radius 3 is 2.91 bits per heavy atom. The van der Waals surface area contributed by atoms with E-state index in [2.05, 4.69) is 36.1 Å². The van der Waals surface area contributed by atoms with Gasteiger partial charge in [0.25, 0.3) is 0 Å². The number of rotatable bonds is 3. The van der Waals surface area contributed by atoms with E-state index in [0.717, 1.165) is 12.2 Å². The summed E-state index contributed by atoms with van der Waals surface area (Å²) in [4.78, 5) is 5.23. The molecule has 0 aromatic carbocycles. The van der Waals surface area contributed by atoms with E-state index < -0.39 is 0 Å². The highest BCUT2D eigenvalue weighted by Gasteiger charge is 1.84. The van der Waals surface area contributed by atoms with Crippen molar-refractivity contribution >= 4 is 6.08 Å². The summed E-state index contributed by atoms with van der Waals surface area (Å²) >= 11 is 0. The van der Waals surface area contributed by atoms with Gasteiger partial charge in [0.15, 0.2) is 0 Å². The molecular weight excluding hydrogens is 136 g/mol. The van der Waals surface area contributed by atoms with Crippen molar-refractivity contribution < 1.29 is 0 Å². The molecule has 0 aliphatic heterocycles. The summed E-state index contributed by atoms with van der Waals surface area (Å²) in [5, 5.41) is 0. The van der Waals surface area contributed by atoms with E-state index >= 15 is 0 Å². The van der Waals surface area contributed by atoms with Gasteiger partial charge < -0.3 is 9.88 Å². The van der Waals surface area contributed by atoms with E-state index in [4.69, 9.17) is 0 Å². The van der Waals surface area contributed by atoms with Crippen molar-refractivity contribution in [3.63, 3.8) is 0 Å². The fourth-order valence-electron chi connectivity index (χ4n) is 0.838. The highest BCUT2D eigenvalue weighted by atomic mass is 15.0. The molecule has 1 rings (SSSR count). The van der Waals surface area contributed by atoms with Gasteiger partial charge in [-0.2, -0.15) is 0 Å². The number of aromatic amines is 1. The third kappa shape index (κ3) is 3.05. The molecule has 1 aromatic rings. The Morgan fingerprint density at radius 1 is 1.55 bits per heavy atom. The van der Waals surface area contributed by atoms with Gasteiger partial charge in [-0.15, -0.1) is 0 Å². The van der Waals surface area contributed by atoms with E-state index in [1.807, 2.05) is 18.3 Å². The van der Waals surface area contributed by atoms with E-state index in [-0.39, 0.29) is 0 Å². The summed E-state index contributed by atoms with van der Waals surface area (Å²) in [6.07, 6.45) is 6.14. The van der Waals surface area contributed by atoms with Gasteiger partial charge in [-0.1, -0.05) is 6.08 Å². The van der Waals surface area contributed by atoms with Gasteiger partial charge in [-0.05, 0) is 32.3 Å². The van der Waals surface area contributed by atoms with E-state index in [0.29, 0.717) is 0 Å². The minimum absolute atomic E-state index is 0.985. The van der Waals surface area contributed by atoms with Gasteiger partial charge in [0.05, 0.1) is 0 Å². The summed E-state index contributed by atoms with van der Waals surface area (Å²) in [6.45, 7) is 0.985. The van der Waals surface area contributed by atoms with Crippen LogP contribution < -0.4 is 0 Å². The molecule has 2 heteroatoms. The van der Waals surface area contributed by atoms with Crippen LogP contribution in [0.25, 0.3) is 6.08 Å². The molecule has 0 fully saturated rings. The lowest BCUT2D eigenvalue weighted by Gasteiger charge is -2.02. The van der Waals surface area contributed by atoms with Crippen LogP contribution in [0.1, 0.15) is 5.69 Å². The molecule has 0 unspecified atom stereocenters. The Balaban J connectivity index is 2.37. The molecule has 1 aromatic heterocycles. The summed E-state index contributed by atoms with van der Waals surface area (Å²) in [5.74, 6) is 0. The number of aromatic nitrogens is 1. The quantitative estimate of drug-likeness (QED) is 0.693. The molecule has 0 atom stereocenters. The zero-order chi connectivity index (χ0) is 8.10. The fourth-order valence-corrected chi connectivity index (χ4v) is 0.838. The van der Waals surface area contributed by atoms with Gasteiger partial charge in [0.2, 0.25) is 0 Å². The van der Waals surface area contributed by atoms with Gasteiger partial charge >= 0.3 is 0 Å². The maximum Gasteiger partial charge on any atom is 0.0377 e. The molecule has 0 spiro atoms. The van der Waals surface area contributed by atoms with Crippen LogP contribution in [0.15, 0.2) is 24.4 Å². The molecule has 0 radical (unpaired) electrons. The minimum Gasteiger partial charge on any atom is -0.362 e. The van der Waals surface area contributed by atoms with Crippen LogP contribution in [0, 0.1) is 0 Å². The lowest BCUT2D eigenvalue weighted by Crippen LogP contribution is -2.10. The van der Waals surface area contributed by atoms with Crippen molar-refractivity contribution in [1.82, 2.24) is 9.88 Å². The van der Waals surface area contributed by atoms with Crippen molar-refractivity contribution in [3.8, 4) is 0 Å². The van der Waals surface area contributed by atoms with Gasteiger partial charge in [0.1, 0.15) is 0 Å². The third-order valence-electron chi connectivity index (χ3n) is 1.39. The normalized spacial score (nSPS) is 11.5. The fraction of sp³-hybridized carbons (Fsp3) is 0.333.